The van der Waals surface area contributed by atoms with E-state index in [-0.39, 0.29) is 25.3 Å². The van der Waals surface area contributed by atoms with E-state index in [1.165, 1.54) is 0 Å². The highest BCUT2D eigenvalue weighted by atomic mass is 16.7. The Kier molecular flexibility index (Phi) is 5.03. The van der Waals surface area contributed by atoms with E-state index in [2.05, 4.69) is 5.32 Å². The van der Waals surface area contributed by atoms with Crippen LogP contribution in [0.2, 0.25) is 0 Å². The number of aliphatic hydroxyl groups is 1. The summed E-state index contributed by atoms with van der Waals surface area (Å²) in [5.41, 5.74) is 0.683. The fourth-order valence-electron chi connectivity index (χ4n) is 2.37. The zero-order valence-corrected chi connectivity index (χ0v) is 12.2. The number of hydrogen-bond acceptors (Lipinski definition) is 5. The summed E-state index contributed by atoms with van der Waals surface area (Å²) in [5, 5.41) is 22.6. The van der Waals surface area contributed by atoms with Crippen molar-refractivity contribution in [3.05, 3.63) is 23.8 Å². The highest BCUT2D eigenvalue weighted by Gasteiger charge is 2.24. The number of fused-ring (bicyclic) bond motifs is 1. The molecule has 2 atom stereocenters. The van der Waals surface area contributed by atoms with Crippen LogP contribution in [0.15, 0.2) is 18.2 Å². The lowest BCUT2D eigenvalue weighted by Gasteiger charge is -2.26. The maximum absolute atomic E-state index is 10.8. The number of aliphatic hydroxyl groups excluding tert-OH is 1. The standard InChI is InChI=1S/C15H21NO5/c1-9(2)16-11(4-6-14(17)18)15(19)10-3-5-12-13(7-10)21-8-20-12/h3,5,7,9,11,15-16,19H,4,6,8H2,1-2H3,(H,17,18). The molecule has 21 heavy (non-hydrogen) atoms. The van der Waals surface area contributed by atoms with Gasteiger partial charge in [-0.25, -0.2) is 0 Å². The molecule has 1 aliphatic rings. The van der Waals surface area contributed by atoms with Gasteiger partial charge < -0.3 is 25.0 Å². The molecule has 0 radical (unpaired) electrons. The highest BCUT2D eigenvalue weighted by Crippen LogP contribution is 2.35. The first kappa shape index (κ1) is 15.6. The first-order valence-corrected chi connectivity index (χ1v) is 7.03. The Bertz CT molecular complexity index is 503. The summed E-state index contributed by atoms with van der Waals surface area (Å²) in [6.45, 7) is 4.10. The molecule has 0 bridgehead atoms. The molecule has 0 amide bonds. The lowest BCUT2D eigenvalue weighted by Crippen LogP contribution is -2.39. The summed E-state index contributed by atoms with van der Waals surface area (Å²) in [7, 11) is 0. The number of nitrogens with one attached hydrogen (secondary N) is 1. The first-order chi connectivity index (χ1) is 9.97. The minimum absolute atomic E-state index is 0.00595. The quantitative estimate of drug-likeness (QED) is 0.709. The monoisotopic (exact) mass is 295 g/mol. The van der Waals surface area contributed by atoms with Crippen molar-refractivity contribution in [2.75, 3.05) is 6.79 Å². The molecule has 6 nitrogen and oxygen atoms in total. The van der Waals surface area contributed by atoms with Gasteiger partial charge in [-0.2, -0.15) is 0 Å². The molecule has 0 saturated carbocycles. The number of carboxylic acids is 1. The number of carbonyl (C=O) groups is 1. The van der Waals surface area contributed by atoms with Gasteiger partial charge in [-0.05, 0) is 24.1 Å². The predicted octanol–water partition coefficient (Wildman–Crippen LogP) is 1.68. The Hall–Kier alpha value is -1.79. The lowest BCUT2D eigenvalue weighted by molar-refractivity contribution is -0.137. The third-order valence-electron chi connectivity index (χ3n) is 3.34. The average molecular weight is 295 g/mol. The molecule has 2 rings (SSSR count). The van der Waals surface area contributed by atoms with Crippen molar-refractivity contribution >= 4 is 5.97 Å². The van der Waals surface area contributed by atoms with Gasteiger partial charge in [-0.1, -0.05) is 19.9 Å². The molecule has 1 aromatic rings. The number of rotatable bonds is 7. The van der Waals surface area contributed by atoms with Crippen LogP contribution >= 0.6 is 0 Å². The van der Waals surface area contributed by atoms with E-state index in [1.807, 2.05) is 13.8 Å². The van der Waals surface area contributed by atoms with Gasteiger partial charge in [0.25, 0.3) is 0 Å². The van der Waals surface area contributed by atoms with E-state index in [4.69, 9.17) is 14.6 Å². The Labute approximate surface area is 123 Å². The van der Waals surface area contributed by atoms with Gasteiger partial charge in [0.05, 0.1) is 6.10 Å². The van der Waals surface area contributed by atoms with E-state index in [1.54, 1.807) is 18.2 Å². The summed E-state index contributed by atoms with van der Waals surface area (Å²) in [6.07, 6.45) is -0.448. The van der Waals surface area contributed by atoms with E-state index in [9.17, 15) is 9.90 Å². The van der Waals surface area contributed by atoms with Crippen LogP contribution in [0.1, 0.15) is 38.4 Å². The zero-order chi connectivity index (χ0) is 15.4. The Morgan fingerprint density at radius 1 is 1.33 bits per heavy atom. The maximum atomic E-state index is 10.8. The molecule has 6 heteroatoms. The van der Waals surface area contributed by atoms with Gasteiger partial charge in [0.1, 0.15) is 0 Å². The third-order valence-corrected chi connectivity index (χ3v) is 3.34. The van der Waals surface area contributed by atoms with Crippen LogP contribution in [0.25, 0.3) is 0 Å². The Morgan fingerprint density at radius 2 is 2.05 bits per heavy atom. The normalized spacial score (nSPS) is 16.0. The van der Waals surface area contributed by atoms with Gasteiger partial charge in [0.15, 0.2) is 11.5 Å². The minimum Gasteiger partial charge on any atom is -0.481 e. The number of hydrogen-bond donors (Lipinski definition) is 3. The highest BCUT2D eigenvalue weighted by molar-refractivity contribution is 5.66. The molecule has 1 aliphatic heterocycles. The SMILES string of the molecule is CC(C)NC(CCC(=O)O)C(O)c1ccc2c(c1)OCO2. The molecule has 0 saturated heterocycles. The van der Waals surface area contributed by atoms with E-state index in [0.717, 1.165) is 0 Å². The predicted molar refractivity (Wildman–Crippen MR) is 76.5 cm³/mol. The van der Waals surface area contributed by atoms with Gasteiger partial charge in [0, 0.05) is 18.5 Å². The van der Waals surface area contributed by atoms with Crippen LogP contribution < -0.4 is 14.8 Å². The van der Waals surface area contributed by atoms with Crippen molar-refractivity contribution in [1.82, 2.24) is 5.32 Å². The summed E-state index contributed by atoms with van der Waals surface area (Å²) in [4.78, 5) is 10.8. The molecule has 0 fully saturated rings. The molecular weight excluding hydrogens is 274 g/mol. The zero-order valence-electron chi connectivity index (χ0n) is 12.2. The second-order valence-corrected chi connectivity index (χ2v) is 5.42. The van der Waals surface area contributed by atoms with Crippen molar-refractivity contribution in [1.29, 1.82) is 0 Å². The van der Waals surface area contributed by atoms with E-state index in [0.29, 0.717) is 23.5 Å². The van der Waals surface area contributed by atoms with Crippen molar-refractivity contribution in [2.45, 2.75) is 44.9 Å². The number of aliphatic carboxylic acids is 1. The second kappa shape index (κ2) is 6.78. The molecule has 0 aliphatic carbocycles. The van der Waals surface area contributed by atoms with Gasteiger partial charge in [0.2, 0.25) is 6.79 Å². The van der Waals surface area contributed by atoms with Gasteiger partial charge in [-0.15, -0.1) is 0 Å². The minimum atomic E-state index is -0.872. The van der Waals surface area contributed by atoms with Crippen molar-refractivity contribution in [2.24, 2.45) is 0 Å². The molecule has 0 aromatic heterocycles. The molecule has 1 aromatic carbocycles. The van der Waals surface area contributed by atoms with Crippen LogP contribution in [0.4, 0.5) is 0 Å². The first-order valence-electron chi connectivity index (χ1n) is 7.03. The maximum Gasteiger partial charge on any atom is 0.303 e. The topological polar surface area (TPSA) is 88.0 Å². The summed E-state index contributed by atoms with van der Waals surface area (Å²) >= 11 is 0. The number of benzene rings is 1. The lowest BCUT2D eigenvalue weighted by atomic mass is 9.97. The Morgan fingerprint density at radius 3 is 2.71 bits per heavy atom. The van der Waals surface area contributed by atoms with Gasteiger partial charge >= 0.3 is 5.97 Å². The second-order valence-electron chi connectivity index (χ2n) is 5.42. The van der Waals surface area contributed by atoms with Crippen LogP contribution in [0.3, 0.4) is 0 Å². The van der Waals surface area contributed by atoms with Crippen LogP contribution in [-0.2, 0) is 4.79 Å². The van der Waals surface area contributed by atoms with Crippen molar-refractivity contribution < 1.29 is 24.5 Å². The fourth-order valence-corrected chi connectivity index (χ4v) is 2.37. The molecule has 1 heterocycles. The summed E-state index contributed by atoms with van der Waals surface area (Å²) in [5.74, 6) is 0.390. The van der Waals surface area contributed by atoms with Crippen molar-refractivity contribution in [3.8, 4) is 11.5 Å². The number of carboxylic acid groups (broad SMARTS) is 1. The van der Waals surface area contributed by atoms with Crippen LogP contribution in [-0.4, -0.2) is 35.1 Å². The fraction of sp³-hybridized carbons (Fsp3) is 0.533. The average Bonchev–Trinajstić information content (AvgIpc) is 2.89. The molecular formula is C15H21NO5. The molecule has 0 spiro atoms. The summed E-state index contributed by atoms with van der Waals surface area (Å²) < 4.78 is 10.5. The van der Waals surface area contributed by atoms with Crippen molar-refractivity contribution in [3.63, 3.8) is 0 Å². The third kappa shape index (κ3) is 4.09. The molecule has 3 N–H and O–H groups in total. The Balaban J connectivity index is 2.12. The largest absolute Gasteiger partial charge is 0.481 e. The van der Waals surface area contributed by atoms with Gasteiger partial charge in [-0.3, -0.25) is 4.79 Å². The van der Waals surface area contributed by atoms with E-state index >= 15 is 0 Å². The van der Waals surface area contributed by atoms with Crippen LogP contribution in [0, 0.1) is 0 Å². The van der Waals surface area contributed by atoms with Crippen LogP contribution in [0.5, 0.6) is 11.5 Å². The molecule has 116 valence electrons. The molecule has 2 unspecified atom stereocenters. The number of ether oxygens (including phenoxy) is 2. The summed E-state index contributed by atoms with van der Waals surface area (Å²) in [6, 6.07) is 5.08. The smallest absolute Gasteiger partial charge is 0.303 e. The van der Waals surface area contributed by atoms with E-state index < -0.39 is 12.1 Å².